The number of hydrogen-bond acceptors (Lipinski definition) is 4. The van der Waals surface area contributed by atoms with Crippen LogP contribution in [-0.2, 0) is 21.1 Å². The van der Waals surface area contributed by atoms with Gasteiger partial charge in [0, 0.05) is 5.56 Å². The molecule has 4 rings (SSSR count). The van der Waals surface area contributed by atoms with Gasteiger partial charge in [0.25, 0.3) is 5.91 Å². The highest BCUT2D eigenvalue weighted by molar-refractivity contribution is 7.91. The topological polar surface area (TPSA) is 93.5 Å². The maximum atomic E-state index is 15.6. The number of alkyl halides is 4. The summed E-state index contributed by atoms with van der Waals surface area (Å²) >= 11 is 0. The normalized spacial score (nSPS) is 25.0. The predicted molar refractivity (Wildman–Crippen MR) is 123 cm³/mol. The Kier molecular flexibility index (Phi) is 7.10. The van der Waals surface area contributed by atoms with Gasteiger partial charge in [-0.1, -0.05) is 24.3 Å². The molecular weight excluding hydrogens is 524 g/mol. The van der Waals surface area contributed by atoms with E-state index >= 15 is 8.78 Å². The summed E-state index contributed by atoms with van der Waals surface area (Å²) < 4.78 is 105. The SMILES string of the molecule is Cc1cc(F)cc(-c2cccc(C[C@H]3[C@@H](NS(=N)(=O)C(F)(F)F)[C@@H](F)CN3C(=O)C3(O)CCC3)c2F)c1. The van der Waals surface area contributed by atoms with E-state index in [0.717, 1.165) is 11.0 Å². The van der Waals surface area contributed by atoms with Gasteiger partial charge in [0.15, 0.2) is 0 Å². The Balaban J connectivity index is 1.73. The van der Waals surface area contributed by atoms with Crippen LogP contribution in [0, 0.1) is 23.3 Å². The molecule has 1 aliphatic carbocycles. The number of nitrogens with zero attached hydrogens (tertiary/aromatic N) is 1. The minimum Gasteiger partial charge on any atom is -0.380 e. The van der Waals surface area contributed by atoms with Crippen molar-refractivity contribution in [3.63, 3.8) is 0 Å². The third-order valence-electron chi connectivity index (χ3n) is 6.90. The van der Waals surface area contributed by atoms with Crippen LogP contribution in [0.3, 0.4) is 0 Å². The average Bonchev–Trinajstić information content (AvgIpc) is 3.06. The standard InChI is InChI=1S/C24H25F6N3O3S/c1-13-8-15(10-16(25)9-13)17-5-2-4-14(20(17)27)11-19-21(32-37(31,36)24(28,29)30)18(26)12-33(19)22(34)23(35)6-3-7-23/h2,4-5,8-10,18-19,21,35H,3,6-7,11-12H2,1H3,(H2,31,32,36)/t18-,19-,21-,37?/m0/s1. The van der Waals surface area contributed by atoms with E-state index in [9.17, 15) is 31.7 Å². The van der Waals surface area contributed by atoms with Gasteiger partial charge in [0.2, 0.25) is 9.92 Å². The number of aliphatic hydroxyl groups is 1. The fraction of sp³-hybridized carbons (Fsp3) is 0.458. The van der Waals surface area contributed by atoms with E-state index < -0.39 is 69.8 Å². The van der Waals surface area contributed by atoms with Crippen molar-refractivity contribution < 1.29 is 40.5 Å². The summed E-state index contributed by atoms with van der Waals surface area (Å²) in [5.41, 5.74) is -6.77. The zero-order valence-electron chi connectivity index (χ0n) is 19.6. The van der Waals surface area contributed by atoms with Crippen LogP contribution < -0.4 is 4.72 Å². The summed E-state index contributed by atoms with van der Waals surface area (Å²) in [7, 11) is -5.51. The molecule has 13 heteroatoms. The molecule has 2 aliphatic rings. The number of likely N-dealkylation sites (tertiary alicyclic amines) is 1. The van der Waals surface area contributed by atoms with Crippen LogP contribution in [0.1, 0.15) is 30.4 Å². The molecule has 1 amide bonds. The molecule has 3 N–H and O–H groups in total. The third kappa shape index (κ3) is 5.21. The van der Waals surface area contributed by atoms with Crippen LogP contribution in [0.4, 0.5) is 26.3 Å². The number of carbonyl (C=O) groups excluding carboxylic acids is 1. The first-order valence-electron chi connectivity index (χ1n) is 11.5. The highest BCUT2D eigenvalue weighted by Gasteiger charge is 2.54. The van der Waals surface area contributed by atoms with Crippen LogP contribution in [0.2, 0.25) is 0 Å². The molecule has 2 aromatic rings. The number of aryl methyl sites for hydroxylation is 1. The quantitative estimate of drug-likeness (QED) is 0.467. The largest absolute Gasteiger partial charge is 0.492 e. The summed E-state index contributed by atoms with van der Waals surface area (Å²) in [5, 5.41) is 10.5. The number of amides is 1. The van der Waals surface area contributed by atoms with Crippen LogP contribution in [0.25, 0.3) is 11.1 Å². The van der Waals surface area contributed by atoms with Crippen LogP contribution >= 0.6 is 0 Å². The molecule has 1 saturated carbocycles. The smallest absolute Gasteiger partial charge is 0.380 e. The van der Waals surface area contributed by atoms with E-state index in [4.69, 9.17) is 4.78 Å². The zero-order valence-corrected chi connectivity index (χ0v) is 20.4. The lowest BCUT2D eigenvalue weighted by atomic mass is 9.79. The number of rotatable bonds is 6. The van der Waals surface area contributed by atoms with Gasteiger partial charge in [-0.15, -0.1) is 0 Å². The minimum atomic E-state index is -5.53. The van der Waals surface area contributed by atoms with Crippen molar-refractivity contribution in [1.82, 2.24) is 9.62 Å². The van der Waals surface area contributed by atoms with Gasteiger partial charge in [-0.05, 0) is 61.4 Å². The molecule has 0 bridgehead atoms. The Labute approximate surface area is 209 Å². The molecule has 37 heavy (non-hydrogen) atoms. The highest BCUT2D eigenvalue weighted by Crippen LogP contribution is 2.38. The predicted octanol–water partition coefficient (Wildman–Crippen LogP) is 4.39. The molecule has 6 nitrogen and oxygen atoms in total. The first-order chi connectivity index (χ1) is 17.1. The number of nitrogens with one attached hydrogen (secondary N) is 2. The summed E-state index contributed by atoms with van der Waals surface area (Å²) in [6, 6.07) is 4.53. The maximum Gasteiger partial charge on any atom is 0.492 e. The summed E-state index contributed by atoms with van der Waals surface area (Å²) in [6.45, 7) is 0.874. The summed E-state index contributed by atoms with van der Waals surface area (Å²) in [4.78, 5) is 13.9. The molecule has 2 aromatic carbocycles. The van der Waals surface area contributed by atoms with Crippen molar-refractivity contribution in [1.29, 1.82) is 4.78 Å². The van der Waals surface area contributed by atoms with E-state index in [1.807, 2.05) is 0 Å². The molecule has 1 aliphatic heterocycles. The Hall–Kier alpha value is -2.64. The van der Waals surface area contributed by atoms with Crippen molar-refractivity contribution in [3.05, 3.63) is 59.2 Å². The van der Waals surface area contributed by atoms with Gasteiger partial charge in [0.05, 0.1) is 18.6 Å². The van der Waals surface area contributed by atoms with E-state index in [0.29, 0.717) is 12.0 Å². The highest BCUT2D eigenvalue weighted by atomic mass is 32.2. The second-order valence-corrected chi connectivity index (χ2v) is 11.4. The van der Waals surface area contributed by atoms with E-state index in [1.54, 1.807) is 6.92 Å². The van der Waals surface area contributed by atoms with Crippen LogP contribution in [0.15, 0.2) is 36.4 Å². The molecule has 0 spiro atoms. The molecular formula is C24H25F6N3O3S. The maximum absolute atomic E-state index is 15.6. The van der Waals surface area contributed by atoms with Crippen molar-refractivity contribution in [3.8, 4) is 11.1 Å². The van der Waals surface area contributed by atoms with E-state index in [-0.39, 0.29) is 29.5 Å². The van der Waals surface area contributed by atoms with Crippen molar-refractivity contribution in [2.24, 2.45) is 0 Å². The van der Waals surface area contributed by atoms with Crippen molar-refractivity contribution in [2.75, 3.05) is 6.54 Å². The molecule has 202 valence electrons. The number of hydrogen-bond donors (Lipinski definition) is 3. The first-order valence-corrected chi connectivity index (χ1v) is 13.0. The van der Waals surface area contributed by atoms with Crippen molar-refractivity contribution in [2.45, 2.75) is 62.0 Å². The number of halogens is 6. The zero-order chi connectivity index (χ0) is 27.3. The molecule has 0 aromatic heterocycles. The third-order valence-corrected chi connectivity index (χ3v) is 8.16. The Morgan fingerprint density at radius 3 is 2.49 bits per heavy atom. The fourth-order valence-corrected chi connectivity index (χ4v) is 5.65. The van der Waals surface area contributed by atoms with Gasteiger partial charge >= 0.3 is 5.51 Å². The van der Waals surface area contributed by atoms with Crippen LogP contribution in [0.5, 0.6) is 0 Å². The van der Waals surface area contributed by atoms with Gasteiger partial charge in [-0.3, -0.25) is 4.79 Å². The van der Waals surface area contributed by atoms with E-state index in [1.165, 1.54) is 35.1 Å². The molecule has 4 atom stereocenters. The number of benzene rings is 2. The molecule has 2 fully saturated rings. The minimum absolute atomic E-state index is 0.0190. The van der Waals surface area contributed by atoms with Gasteiger partial charge in [-0.25, -0.2) is 26.9 Å². The molecule has 1 heterocycles. The van der Waals surface area contributed by atoms with Gasteiger partial charge in [0.1, 0.15) is 23.4 Å². The lowest BCUT2D eigenvalue weighted by Gasteiger charge is -2.40. The van der Waals surface area contributed by atoms with Crippen LogP contribution in [-0.4, -0.2) is 56.0 Å². The second kappa shape index (κ2) is 9.59. The Bertz CT molecular complexity index is 1290. The number of carbonyl (C=O) groups is 1. The monoisotopic (exact) mass is 549 g/mol. The Morgan fingerprint density at radius 2 is 1.92 bits per heavy atom. The molecule has 1 unspecified atom stereocenters. The second-order valence-electron chi connectivity index (χ2n) is 9.57. The average molecular weight is 550 g/mol. The Morgan fingerprint density at radius 1 is 1.24 bits per heavy atom. The van der Waals surface area contributed by atoms with Crippen molar-refractivity contribution >= 4 is 15.8 Å². The fourth-order valence-electron chi connectivity index (χ4n) is 4.82. The lowest BCUT2D eigenvalue weighted by molar-refractivity contribution is -0.161. The van der Waals surface area contributed by atoms with Gasteiger partial charge < -0.3 is 10.0 Å². The summed E-state index contributed by atoms with van der Waals surface area (Å²) in [6.07, 6.45) is -2.03. The van der Waals surface area contributed by atoms with Gasteiger partial charge in [-0.2, -0.15) is 13.2 Å². The van der Waals surface area contributed by atoms with E-state index in [2.05, 4.69) is 0 Å². The molecule has 1 saturated heterocycles. The first kappa shape index (κ1) is 27.4. The molecule has 0 radical (unpaired) electrons. The lowest BCUT2D eigenvalue weighted by Crippen LogP contribution is -2.57. The summed E-state index contributed by atoms with van der Waals surface area (Å²) in [5.74, 6) is -2.38.